The molecule has 1 N–H and O–H groups in total. The largest absolute Gasteiger partial charge is 0.480 e. The van der Waals surface area contributed by atoms with Crippen molar-refractivity contribution in [3.63, 3.8) is 0 Å². The quantitative estimate of drug-likeness (QED) is 0.669. The molecule has 0 bridgehead atoms. The zero-order chi connectivity index (χ0) is 15.5. The van der Waals surface area contributed by atoms with Gasteiger partial charge < -0.3 is 10.0 Å². The van der Waals surface area contributed by atoms with Crippen LogP contribution < -0.4 is 0 Å². The highest BCUT2D eigenvalue weighted by molar-refractivity contribution is 7.80. The van der Waals surface area contributed by atoms with Gasteiger partial charge in [0, 0.05) is 24.9 Å². The average Bonchev–Trinajstić information content (AvgIpc) is 2.89. The number of Topliss-reactive ketones (excluding diaryl/α,β-unsaturated/α-hetero) is 1. The highest BCUT2D eigenvalue weighted by Crippen LogP contribution is 2.30. The molecule has 1 aromatic rings. The van der Waals surface area contributed by atoms with Gasteiger partial charge in [-0.1, -0.05) is 42.5 Å². The molecule has 1 saturated heterocycles. The molecular formula is C16H19NO3S. The second kappa shape index (κ2) is 6.35. The Kier molecular flexibility index (Phi) is 4.73. The molecule has 0 aromatic heterocycles. The molecule has 0 aliphatic carbocycles. The number of likely N-dealkylation sites (tertiary alicyclic amines) is 1. The number of thiocarbonyl (C=S) groups is 1. The summed E-state index contributed by atoms with van der Waals surface area (Å²) < 4.78 is 0. The molecule has 1 aromatic carbocycles. The summed E-state index contributed by atoms with van der Waals surface area (Å²) in [5, 5.41) is 9.38. The van der Waals surface area contributed by atoms with Crippen LogP contribution in [0, 0.1) is 0 Å². The Bertz CT molecular complexity index is 558. The van der Waals surface area contributed by atoms with E-state index in [1.807, 2.05) is 18.2 Å². The first-order valence-electron chi connectivity index (χ1n) is 7.07. The first-order valence-corrected chi connectivity index (χ1v) is 7.48. The lowest BCUT2D eigenvalue weighted by Crippen LogP contribution is -2.50. The normalized spacial score (nSPS) is 21.3. The van der Waals surface area contributed by atoms with Gasteiger partial charge in [-0.3, -0.25) is 4.79 Å². The van der Waals surface area contributed by atoms with E-state index >= 15 is 0 Å². The van der Waals surface area contributed by atoms with Crippen LogP contribution in [0.1, 0.15) is 43.0 Å². The molecule has 1 aliphatic heterocycles. The van der Waals surface area contributed by atoms with Crippen molar-refractivity contribution in [3.05, 3.63) is 35.9 Å². The van der Waals surface area contributed by atoms with Gasteiger partial charge in [-0.25, -0.2) is 4.79 Å². The van der Waals surface area contributed by atoms with Gasteiger partial charge in [0.15, 0.2) is 5.78 Å². The number of aliphatic carboxylic acids is 1. The zero-order valence-electron chi connectivity index (χ0n) is 12.0. The van der Waals surface area contributed by atoms with E-state index in [0.717, 1.165) is 6.42 Å². The molecule has 0 spiro atoms. The molecule has 1 aliphatic rings. The fourth-order valence-corrected chi connectivity index (χ4v) is 3.10. The maximum Gasteiger partial charge on any atom is 0.329 e. The van der Waals surface area contributed by atoms with E-state index < -0.39 is 11.5 Å². The Morgan fingerprint density at radius 3 is 2.57 bits per heavy atom. The second-order valence-electron chi connectivity index (χ2n) is 5.52. The summed E-state index contributed by atoms with van der Waals surface area (Å²) in [6.07, 6.45) is 2.14. The van der Waals surface area contributed by atoms with E-state index in [1.165, 1.54) is 0 Å². The molecular weight excluding hydrogens is 286 g/mol. The predicted molar refractivity (Wildman–Crippen MR) is 84.6 cm³/mol. The number of hydrogen-bond donors (Lipinski definition) is 1. The molecule has 1 atom stereocenters. The number of carbonyl (C=O) groups excluding carboxylic acids is 1. The number of nitrogens with zero attached hydrogens (tertiary/aromatic N) is 1. The molecule has 2 rings (SSSR count). The number of ketones is 1. The smallest absolute Gasteiger partial charge is 0.329 e. The van der Waals surface area contributed by atoms with E-state index in [1.54, 1.807) is 24.0 Å². The van der Waals surface area contributed by atoms with Crippen molar-refractivity contribution >= 4 is 29.0 Å². The van der Waals surface area contributed by atoms with Gasteiger partial charge in [0.05, 0.1) is 4.99 Å². The van der Waals surface area contributed by atoms with E-state index in [9.17, 15) is 14.7 Å². The van der Waals surface area contributed by atoms with Crippen molar-refractivity contribution in [3.8, 4) is 0 Å². The lowest BCUT2D eigenvalue weighted by Gasteiger charge is -2.33. The Morgan fingerprint density at radius 1 is 1.29 bits per heavy atom. The third-order valence-electron chi connectivity index (χ3n) is 4.06. The molecule has 112 valence electrons. The highest BCUT2D eigenvalue weighted by Gasteiger charge is 2.44. The fourth-order valence-electron chi connectivity index (χ4n) is 2.71. The van der Waals surface area contributed by atoms with Crippen molar-refractivity contribution in [2.45, 2.75) is 38.1 Å². The third kappa shape index (κ3) is 3.29. The number of rotatable bonds is 5. The van der Waals surface area contributed by atoms with Crippen LogP contribution in [0.4, 0.5) is 0 Å². The number of carboxylic acids is 1. The number of carboxylic acid groups (broad SMARTS) is 1. The molecule has 4 nitrogen and oxygen atoms in total. The van der Waals surface area contributed by atoms with Crippen molar-refractivity contribution in [2.24, 2.45) is 0 Å². The lowest BCUT2D eigenvalue weighted by molar-refractivity contribution is -0.146. The SMILES string of the molecule is C[C@@]1(C(=O)O)CCCN1C(=S)CCC(=O)c1ccccc1. The van der Waals surface area contributed by atoms with Crippen LogP contribution in [0.25, 0.3) is 0 Å². The van der Waals surface area contributed by atoms with E-state index in [-0.39, 0.29) is 5.78 Å². The third-order valence-corrected chi connectivity index (χ3v) is 4.49. The van der Waals surface area contributed by atoms with Gasteiger partial charge >= 0.3 is 5.97 Å². The van der Waals surface area contributed by atoms with E-state index in [4.69, 9.17) is 12.2 Å². The first kappa shape index (κ1) is 15.6. The van der Waals surface area contributed by atoms with Crippen LogP contribution in [0.3, 0.4) is 0 Å². The van der Waals surface area contributed by atoms with Crippen molar-refractivity contribution in [1.82, 2.24) is 4.90 Å². The van der Waals surface area contributed by atoms with Crippen LogP contribution in [0.2, 0.25) is 0 Å². The van der Waals surface area contributed by atoms with Crippen LogP contribution in [-0.4, -0.2) is 38.8 Å². The van der Waals surface area contributed by atoms with Gasteiger partial charge in [-0.2, -0.15) is 0 Å². The predicted octanol–water partition coefficient (Wildman–Crippen LogP) is 2.92. The Morgan fingerprint density at radius 2 is 1.95 bits per heavy atom. The number of carbonyl (C=O) groups is 2. The average molecular weight is 305 g/mol. The first-order chi connectivity index (χ1) is 9.95. The van der Waals surface area contributed by atoms with Crippen molar-refractivity contribution < 1.29 is 14.7 Å². The Labute approximate surface area is 129 Å². The Hall–Kier alpha value is -1.75. The lowest BCUT2D eigenvalue weighted by atomic mass is 9.98. The van der Waals surface area contributed by atoms with Crippen LogP contribution in [-0.2, 0) is 4.79 Å². The molecule has 0 radical (unpaired) electrons. The summed E-state index contributed by atoms with van der Waals surface area (Å²) in [7, 11) is 0. The number of benzene rings is 1. The van der Waals surface area contributed by atoms with Gasteiger partial charge in [-0.15, -0.1) is 0 Å². The fraction of sp³-hybridized carbons (Fsp3) is 0.438. The van der Waals surface area contributed by atoms with Crippen LogP contribution in [0.5, 0.6) is 0 Å². The minimum Gasteiger partial charge on any atom is -0.480 e. The van der Waals surface area contributed by atoms with E-state index in [0.29, 0.717) is 36.4 Å². The van der Waals surface area contributed by atoms with Gasteiger partial charge in [0.1, 0.15) is 5.54 Å². The van der Waals surface area contributed by atoms with Crippen LogP contribution in [0.15, 0.2) is 30.3 Å². The van der Waals surface area contributed by atoms with Crippen molar-refractivity contribution in [2.75, 3.05) is 6.54 Å². The summed E-state index contributed by atoms with van der Waals surface area (Å²) in [6, 6.07) is 9.08. The molecule has 0 unspecified atom stereocenters. The van der Waals surface area contributed by atoms with Gasteiger partial charge in [0.25, 0.3) is 0 Å². The maximum absolute atomic E-state index is 12.1. The molecule has 5 heteroatoms. The summed E-state index contributed by atoms with van der Waals surface area (Å²) in [5.74, 6) is -0.814. The summed E-state index contributed by atoms with van der Waals surface area (Å²) in [4.78, 5) is 25.8. The van der Waals surface area contributed by atoms with E-state index in [2.05, 4.69) is 0 Å². The maximum atomic E-state index is 12.1. The molecule has 21 heavy (non-hydrogen) atoms. The molecule has 0 saturated carbocycles. The molecule has 1 heterocycles. The minimum atomic E-state index is -0.924. The molecule has 0 amide bonds. The second-order valence-corrected chi connectivity index (χ2v) is 5.99. The zero-order valence-corrected chi connectivity index (χ0v) is 12.9. The van der Waals surface area contributed by atoms with Crippen LogP contribution >= 0.6 is 12.2 Å². The summed E-state index contributed by atoms with van der Waals surface area (Å²) >= 11 is 5.36. The Balaban J connectivity index is 1.96. The molecule has 1 fully saturated rings. The minimum absolute atomic E-state index is 0.0363. The van der Waals surface area contributed by atoms with Crippen molar-refractivity contribution in [1.29, 1.82) is 0 Å². The van der Waals surface area contributed by atoms with Gasteiger partial charge in [-0.05, 0) is 19.8 Å². The summed E-state index contributed by atoms with van der Waals surface area (Å²) in [6.45, 7) is 2.36. The highest BCUT2D eigenvalue weighted by atomic mass is 32.1. The standard InChI is InChI=1S/C16H19NO3S/c1-16(15(19)20)10-5-11-17(16)14(21)9-8-13(18)12-6-3-2-4-7-12/h2-4,6-7H,5,8-11H2,1H3,(H,19,20)/t16-/m0/s1. The number of hydrogen-bond acceptors (Lipinski definition) is 3. The van der Waals surface area contributed by atoms with Gasteiger partial charge in [0.2, 0.25) is 0 Å². The monoisotopic (exact) mass is 305 g/mol. The summed E-state index contributed by atoms with van der Waals surface area (Å²) in [5.41, 5.74) is -0.255. The topological polar surface area (TPSA) is 57.6 Å².